The Morgan fingerprint density at radius 3 is 1.83 bits per heavy atom. The molecule has 3 heteroatoms. The van der Waals surface area contributed by atoms with E-state index in [4.69, 9.17) is 9.47 Å². The van der Waals surface area contributed by atoms with Crippen LogP contribution in [-0.2, 0) is 9.47 Å². The fourth-order valence-corrected chi connectivity index (χ4v) is 5.93. The van der Waals surface area contributed by atoms with Crippen molar-refractivity contribution in [2.24, 2.45) is 35.0 Å². The van der Waals surface area contributed by atoms with Crippen LogP contribution in [0.5, 0.6) is 0 Å². The first kappa shape index (κ1) is 20.2. The van der Waals surface area contributed by atoms with E-state index in [0.717, 1.165) is 32.8 Å². The molecule has 2 saturated heterocycles. The predicted octanol–water partition coefficient (Wildman–Crippen LogP) is 4.31. The van der Waals surface area contributed by atoms with Crippen molar-refractivity contribution in [1.29, 1.82) is 0 Å². The molecule has 0 aromatic carbocycles. The van der Waals surface area contributed by atoms with Gasteiger partial charge in [-0.1, -0.05) is 55.4 Å². The molecule has 0 amide bonds. The van der Waals surface area contributed by atoms with Gasteiger partial charge in [0, 0.05) is 25.0 Å². The highest BCUT2D eigenvalue weighted by molar-refractivity contribution is 5.07. The minimum atomic E-state index is 0.263. The average molecular weight is 340 g/mol. The largest absolute Gasteiger partial charge is 0.379 e. The average Bonchev–Trinajstić information content (AvgIpc) is 2.84. The summed E-state index contributed by atoms with van der Waals surface area (Å²) in [5.74, 6) is 3.09. The minimum absolute atomic E-state index is 0.263. The molecule has 0 aliphatic carbocycles. The van der Waals surface area contributed by atoms with Gasteiger partial charge < -0.3 is 9.47 Å². The maximum absolute atomic E-state index is 6.86. The van der Waals surface area contributed by atoms with Crippen molar-refractivity contribution in [2.75, 3.05) is 32.8 Å². The molecule has 2 rings (SSSR count). The summed E-state index contributed by atoms with van der Waals surface area (Å²) in [6.45, 7) is 24.1. The molecule has 3 nitrogen and oxygen atoms in total. The molecule has 0 bridgehead atoms. The standard InChI is InChI=1S/C21H41NO2/c1-14(2)19-18(13-22-9-11-23-12-10-22)24-20(15(3)4)21(19,16(5)6)17(7)8/h14-20H,9-13H2,1-8H3/t18-,19-,20+/m1/s1. The third kappa shape index (κ3) is 3.54. The third-order valence-electron chi connectivity index (χ3n) is 6.66. The van der Waals surface area contributed by atoms with E-state index in [0.29, 0.717) is 41.8 Å². The smallest absolute Gasteiger partial charge is 0.0743 e. The zero-order valence-corrected chi connectivity index (χ0v) is 17.3. The van der Waals surface area contributed by atoms with Crippen LogP contribution in [0, 0.1) is 35.0 Å². The van der Waals surface area contributed by atoms with Crippen molar-refractivity contribution in [3.63, 3.8) is 0 Å². The first-order valence-corrected chi connectivity index (χ1v) is 10.2. The van der Waals surface area contributed by atoms with Gasteiger partial charge >= 0.3 is 0 Å². The van der Waals surface area contributed by atoms with Crippen LogP contribution in [0.4, 0.5) is 0 Å². The Balaban J connectivity index is 2.35. The summed E-state index contributed by atoms with van der Waals surface area (Å²) >= 11 is 0. The fourth-order valence-electron chi connectivity index (χ4n) is 5.93. The second-order valence-electron chi connectivity index (χ2n) is 9.33. The zero-order valence-electron chi connectivity index (χ0n) is 17.3. The Hall–Kier alpha value is -0.120. The van der Waals surface area contributed by atoms with Gasteiger partial charge in [0.15, 0.2) is 0 Å². The molecule has 3 atom stereocenters. The topological polar surface area (TPSA) is 21.7 Å². The van der Waals surface area contributed by atoms with Crippen LogP contribution < -0.4 is 0 Å². The highest BCUT2D eigenvalue weighted by Crippen LogP contribution is 2.58. The van der Waals surface area contributed by atoms with Crippen LogP contribution in [0.25, 0.3) is 0 Å². The highest BCUT2D eigenvalue weighted by Gasteiger charge is 2.60. The summed E-state index contributed by atoms with van der Waals surface area (Å²) in [7, 11) is 0. The van der Waals surface area contributed by atoms with E-state index < -0.39 is 0 Å². The van der Waals surface area contributed by atoms with E-state index in [9.17, 15) is 0 Å². The second-order valence-corrected chi connectivity index (χ2v) is 9.33. The molecule has 0 aromatic heterocycles. The van der Waals surface area contributed by atoms with E-state index >= 15 is 0 Å². The highest BCUT2D eigenvalue weighted by atomic mass is 16.5. The van der Waals surface area contributed by atoms with Gasteiger partial charge in [-0.2, -0.15) is 0 Å². The van der Waals surface area contributed by atoms with Gasteiger partial charge in [0.25, 0.3) is 0 Å². The monoisotopic (exact) mass is 339 g/mol. The van der Waals surface area contributed by atoms with E-state index in [1.54, 1.807) is 0 Å². The van der Waals surface area contributed by atoms with E-state index in [-0.39, 0.29) is 5.41 Å². The molecular weight excluding hydrogens is 298 g/mol. The molecule has 2 fully saturated rings. The van der Waals surface area contributed by atoms with Crippen LogP contribution in [0.1, 0.15) is 55.4 Å². The molecule has 0 unspecified atom stereocenters. The number of nitrogens with zero attached hydrogens (tertiary/aromatic N) is 1. The summed E-state index contributed by atoms with van der Waals surface area (Å²) in [5.41, 5.74) is 0.263. The molecule has 2 heterocycles. The van der Waals surface area contributed by atoms with Crippen LogP contribution >= 0.6 is 0 Å². The summed E-state index contributed by atoms with van der Waals surface area (Å²) in [6.07, 6.45) is 0.705. The Morgan fingerprint density at radius 2 is 1.42 bits per heavy atom. The molecule has 24 heavy (non-hydrogen) atoms. The zero-order chi connectivity index (χ0) is 18.1. The van der Waals surface area contributed by atoms with Crippen LogP contribution in [-0.4, -0.2) is 50.0 Å². The minimum Gasteiger partial charge on any atom is -0.379 e. The van der Waals surface area contributed by atoms with E-state index in [2.05, 4.69) is 60.3 Å². The maximum atomic E-state index is 6.86. The van der Waals surface area contributed by atoms with E-state index in [1.807, 2.05) is 0 Å². The molecule has 0 saturated carbocycles. The number of ether oxygens (including phenoxy) is 2. The lowest BCUT2D eigenvalue weighted by Gasteiger charge is -2.49. The number of hydrogen-bond acceptors (Lipinski definition) is 3. The lowest BCUT2D eigenvalue weighted by atomic mass is 9.54. The van der Waals surface area contributed by atoms with E-state index in [1.165, 1.54) is 0 Å². The molecule has 2 aliphatic rings. The van der Waals surface area contributed by atoms with Crippen LogP contribution in [0.15, 0.2) is 0 Å². The Labute approximate surface area is 150 Å². The molecule has 0 radical (unpaired) electrons. The van der Waals surface area contributed by atoms with Gasteiger partial charge in [0.2, 0.25) is 0 Å². The summed E-state index contributed by atoms with van der Waals surface area (Å²) in [5, 5.41) is 0. The third-order valence-corrected chi connectivity index (χ3v) is 6.66. The number of rotatable bonds is 6. The quantitative estimate of drug-likeness (QED) is 0.719. The summed E-state index contributed by atoms with van der Waals surface area (Å²) < 4.78 is 12.4. The normalized spacial score (nSPS) is 31.8. The van der Waals surface area contributed by atoms with Crippen LogP contribution in [0.3, 0.4) is 0 Å². The lowest BCUT2D eigenvalue weighted by Crippen LogP contribution is -2.51. The molecular formula is C21H41NO2. The molecule has 0 N–H and O–H groups in total. The van der Waals surface area contributed by atoms with Gasteiger partial charge in [0.1, 0.15) is 0 Å². The summed E-state index contributed by atoms with van der Waals surface area (Å²) in [4.78, 5) is 2.55. The van der Waals surface area contributed by atoms with Crippen LogP contribution in [0.2, 0.25) is 0 Å². The number of hydrogen-bond donors (Lipinski definition) is 0. The fraction of sp³-hybridized carbons (Fsp3) is 1.00. The van der Waals surface area contributed by atoms with Gasteiger partial charge in [-0.05, 0) is 29.6 Å². The summed E-state index contributed by atoms with van der Waals surface area (Å²) in [6, 6.07) is 0. The van der Waals surface area contributed by atoms with Crippen molar-refractivity contribution in [3.05, 3.63) is 0 Å². The van der Waals surface area contributed by atoms with Crippen molar-refractivity contribution in [1.82, 2.24) is 4.90 Å². The molecule has 0 aromatic rings. The van der Waals surface area contributed by atoms with Crippen molar-refractivity contribution < 1.29 is 9.47 Å². The van der Waals surface area contributed by atoms with Gasteiger partial charge in [-0.15, -0.1) is 0 Å². The molecule has 2 aliphatic heterocycles. The Morgan fingerprint density at radius 1 is 0.875 bits per heavy atom. The first-order chi connectivity index (χ1) is 11.2. The van der Waals surface area contributed by atoms with Gasteiger partial charge in [0.05, 0.1) is 25.4 Å². The lowest BCUT2D eigenvalue weighted by molar-refractivity contribution is -0.0635. The van der Waals surface area contributed by atoms with Crippen molar-refractivity contribution in [3.8, 4) is 0 Å². The second kappa shape index (κ2) is 8.05. The van der Waals surface area contributed by atoms with Gasteiger partial charge in [-0.3, -0.25) is 4.90 Å². The maximum Gasteiger partial charge on any atom is 0.0743 e. The predicted molar refractivity (Wildman–Crippen MR) is 101 cm³/mol. The Bertz CT molecular complexity index is 377. The van der Waals surface area contributed by atoms with Crippen molar-refractivity contribution in [2.45, 2.75) is 67.6 Å². The first-order valence-electron chi connectivity index (χ1n) is 10.2. The molecule has 0 spiro atoms. The van der Waals surface area contributed by atoms with Gasteiger partial charge in [-0.25, -0.2) is 0 Å². The molecule has 142 valence electrons. The SMILES string of the molecule is CC(C)[C@@H]1[C@@H](CN2CCOCC2)O[C@@H](C(C)C)C1(C(C)C)C(C)C. The Kier molecular flexibility index (Phi) is 6.78. The number of morpholine rings is 1. The van der Waals surface area contributed by atoms with Crippen molar-refractivity contribution >= 4 is 0 Å².